The molecule has 2 aromatic heterocycles. The zero-order valence-electron chi connectivity index (χ0n) is 37.6. The number of rotatable bonds is 15. The summed E-state index contributed by atoms with van der Waals surface area (Å²) in [5, 5.41) is 17.5. The van der Waals surface area contributed by atoms with Crippen molar-refractivity contribution in [3.05, 3.63) is 121 Å². The molecule has 3 amide bonds. The van der Waals surface area contributed by atoms with E-state index in [-0.39, 0.29) is 29.8 Å². The molecule has 3 saturated heterocycles. The Kier molecular flexibility index (Phi) is 12.9. The number of hydrogen-bond acceptors (Lipinski definition) is 7. The minimum absolute atomic E-state index is 0.0166. The average Bonchev–Trinajstić information content (AvgIpc) is 4.18. The maximum absolute atomic E-state index is 13.6. The van der Waals surface area contributed by atoms with Gasteiger partial charge in [-0.15, -0.1) is 0 Å². The molecule has 13 nitrogen and oxygen atoms in total. The van der Waals surface area contributed by atoms with Gasteiger partial charge in [-0.25, -0.2) is 14.8 Å². The number of carboxylic acid groups (broad SMARTS) is 1. The van der Waals surface area contributed by atoms with Gasteiger partial charge in [0, 0.05) is 25.3 Å². The van der Waals surface area contributed by atoms with Gasteiger partial charge in [-0.3, -0.25) is 14.5 Å². The van der Waals surface area contributed by atoms with Gasteiger partial charge in [0.25, 0.3) is 0 Å². The van der Waals surface area contributed by atoms with Crippen molar-refractivity contribution in [1.29, 1.82) is 0 Å². The van der Waals surface area contributed by atoms with Crippen molar-refractivity contribution in [3.8, 4) is 33.6 Å². The minimum atomic E-state index is -1.20. The highest BCUT2D eigenvalue weighted by atomic mass is 16.5. The Morgan fingerprint density at radius 1 is 0.785 bits per heavy atom. The van der Waals surface area contributed by atoms with Crippen LogP contribution >= 0.6 is 0 Å². The van der Waals surface area contributed by atoms with E-state index in [1.807, 2.05) is 32.3 Å². The van der Waals surface area contributed by atoms with E-state index in [1.54, 1.807) is 4.90 Å². The molecule has 0 saturated carbocycles. The van der Waals surface area contributed by atoms with Gasteiger partial charge in [0.05, 0.1) is 41.4 Å². The molecular formula is C52H60N8O5. The summed E-state index contributed by atoms with van der Waals surface area (Å²) in [6, 6.07) is 31.0. The van der Waals surface area contributed by atoms with Crippen LogP contribution in [0.1, 0.15) is 101 Å². The fourth-order valence-corrected chi connectivity index (χ4v) is 10.3. The Morgan fingerprint density at radius 3 is 2.09 bits per heavy atom. The highest BCUT2D eigenvalue weighted by molar-refractivity contribution is 5.91. The van der Waals surface area contributed by atoms with Gasteiger partial charge in [-0.2, -0.15) is 0 Å². The molecule has 0 aliphatic carbocycles. The summed E-state index contributed by atoms with van der Waals surface area (Å²) in [6.07, 6.45) is 9.21. The summed E-state index contributed by atoms with van der Waals surface area (Å²) in [5.41, 5.74) is 6.71. The number of aromatic amines is 2. The summed E-state index contributed by atoms with van der Waals surface area (Å²) >= 11 is 0. The molecule has 0 spiro atoms. The summed E-state index contributed by atoms with van der Waals surface area (Å²) < 4.78 is 5.82. The molecule has 6 aromatic rings. The lowest BCUT2D eigenvalue weighted by molar-refractivity contribution is -0.135. The maximum Gasteiger partial charge on any atom is 0.405 e. The third-order valence-corrected chi connectivity index (χ3v) is 13.7. The number of imidazole rings is 2. The lowest BCUT2D eigenvalue weighted by atomic mass is 9.84. The molecule has 5 atom stereocenters. The number of nitrogens with one attached hydrogen (secondary N) is 4. The van der Waals surface area contributed by atoms with E-state index in [0.29, 0.717) is 25.5 Å². The first-order valence-electron chi connectivity index (χ1n) is 23.4. The lowest BCUT2D eigenvalue weighted by Gasteiger charge is -2.40. The Bertz CT molecular complexity index is 2620. The van der Waals surface area contributed by atoms with E-state index in [2.05, 4.69) is 117 Å². The third kappa shape index (κ3) is 9.30. The first-order chi connectivity index (χ1) is 31.6. The molecule has 3 aliphatic heterocycles. The second-order valence-corrected chi connectivity index (χ2v) is 18.4. The molecule has 0 bridgehead atoms. The van der Waals surface area contributed by atoms with Crippen LogP contribution in [0.2, 0.25) is 0 Å². The molecule has 9 rings (SSSR count). The van der Waals surface area contributed by atoms with Crippen LogP contribution < -0.4 is 10.6 Å². The molecule has 5 N–H and O–H groups in total. The Balaban J connectivity index is 0.878. The van der Waals surface area contributed by atoms with Gasteiger partial charge in [-0.1, -0.05) is 106 Å². The first-order valence-corrected chi connectivity index (χ1v) is 23.4. The second-order valence-electron chi connectivity index (χ2n) is 18.4. The second kappa shape index (κ2) is 19.0. The number of aromatic nitrogens is 4. The standard InChI is InChI=1S/C52H60N8O5/c1-4-24-52(40-11-6-5-7-12-40,58-49(61)45-15-10-27-65-45)32-59-25-8-13-43(59)47-53-30-41(55-47)35-18-16-34(17-19-35)36-20-21-38-29-39(23-22-37(38)28-36)42-31-54-48(56-42)44-14-9-26-60(44)50(62)46(33(2)3)57-51(63)64/h5-7,11-12,16-23,28-31,33,43-46,57H,4,8-10,13-15,24-27,32H2,1-3H3,(H,53,55)(H,54,56)(H,58,61)(H,63,64)/t43-,44-,45+,46-,52-/m0/s1. The van der Waals surface area contributed by atoms with Gasteiger partial charge in [0.1, 0.15) is 23.8 Å². The Hall–Kier alpha value is -6.31. The highest BCUT2D eigenvalue weighted by Gasteiger charge is 2.41. The van der Waals surface area contributed by atoms with Crippen LogP contribution in [0.5, 0.6) is 0 Å². The molecule has 4 aromatic carbocycles. The van der Waals surface area contributed by atoms with Crippen molar-refractivity contribution in [3.63, 3.8) is 0 Å². The average molecular weight is 877 g/mol. The number of H-pyrrole nitrogens is 2. The van der Waals surface area contributed by atoms with Crippen molar-refractivity contribution in [2.75, 3.05) is 26.2 Å². The Labute approximate surface area is 380 Å². The van der Waals surface area contributed by atoms with Crippen LogP contribution in [0, 0.1) is 5.92 Å². The largest absolute Gasteiger partial charge is 0.465 e. The predicted molar refractivity (Wildman–Crippen MR) is 252 cm³/mol. The van der Waals surface area contributed by atoms with Crippen molar-refractivity contribution >= 4 is 28.7 Å². The monoisotopic (exact) mass is 876 g/mol. The number of benzene rings is 4. The third-order valence-electron chi connectivity index (χ3n) is 13.7. The number of hydrogen-bond donors (Lipinski definition) is 5. The summed E-state index contributed by atoms with van der Waals surface area (Å²) in [4.78, 5) is 59.6. The number of carbonyl (C=O) groups is 3. The van der Waals surface area contributed by atoms with Gasteiger partial charge in [-0.05, 0) is 103 Å². The van der Waals surface area contributed by atoms with E-state index in [0.717, 1.165) is 114 Å². The topological polar surface area (TPSA) is 169 Å². The van der Waals surface area contributed by atoms with Gasteiger partial charge in [0.2, 0.25) is 11.8 Å². The van der Waals surface area contributed by atoms with Crippen LogP contribution in [0.3, 0.4) is 0 Å². The fraction of sp³-hybridized carbons (Fsp3) is 0.404. The highest BCUT2D eigenvalue weighted by Crippen LogP contribution is 2.38. The summed E-state index contributed by atoms with van der Waals surface area (Å²) in [7, 11) is 0. The van der Waals surface area contributed by atoms with Crippen molar-refractivity contribution in [1.82, 2.24) is 40.4 Å². The molecule has 5 heterocycles. The zero-order chi connectivity index (χ0) is 45.1. The molecule has 13 heteroatoms. The van der Waals surface area contributed by atoms with E-state index >= 15 is 0 Å². The van der Waals surface area contributed by atoms with Crippen LogP contribution in [0.25, 0.3) is 44.4 Å². The zero-order valence-corrected chi connectivity index (χ0v) is 37.6. The number of fused-ring (bicyclic) bond motifs is 1. The number of likely N-dealkylation sites (tertiary alicyclic amines) is 2. The number of nitrogens with zero attached hydrogens (tertiary/aromatic N) is 4. The van der Waals surface area contributed by atoms with E-state index in [4.69, 9.17) is 14.7 Å². The molecular weight excluding hydrogens is 817 g/mol. The predicted octanol–water partition coefficient (Wildman–Crippen LogP) is 9.37. The number of ether oxygens (including phenoxy) is 1. The van der Waals surface area contributed by atoms with E-state index in [1.165, 1.54) is 0 Å². The van der Waals surface area contributed by atoms with Gasteiger partial charge >= 0.3 is 6.09 Å². The van der Waals surface area contributed by atoms with E-state index in [9.17, 15) is 19.5 Å². The van der Waals surface area contributed by atoms with Crippen molar-refractivity contribution in [2.24, 2.45) is 5.92 Å². The van der Waals surface area contributed by atoms with E-state index < -0.39 is 23.8 Å². The fourth-order valence-electron chi connectivity index (χ4n) is 10.3. The molecule has 338 valence electrons. The summed E-state index contributed by atoms with van der Waals surface area (Å²) in [6.45, 7) is 8.69. The molecule has 65 heavy (non-hydrogen) atoms. The molecule has 0 unspecified atom stereocenters. The lowest BCUT2D eigenvalue weighted by Crippen LogP contribution is -2.55. The smallest absolute Gasteiger partial charge is 0.405 e. The van der Waals surface area contributed by atoms with Crippen molar-refractivity contribution < 1.29 is 24.2 Å². The minimum Gasteiger partial charge on any atom is -0.465 e. The van der Waals surface area contributed by atoms with Crippen LogP contribution in [0.4, 0.5) is 4.79 Å². The maximum atomic E-state index is 13.6. The summed E-state index contributed by atoms with van der Waals surface area (Å²) in [5.74, 6) is 1.24. The Morgan fingerprint density at radius 2 is 1.42 bits per heavy atom. The number of amides is 3. The van der Waals surface area contributed by atoms with Crippen LogP contribution in [-0.2, 0) is 19.9 Å². The van der Waals surface area contributed by atoms with Crippen LogP contribution in [0.15, 0.2) is 103 Å². The normalized spacial score (nSPS) is 20.3. The molecule has 0 radical (unpaired) electrons. The molecule has 3 aliphatic rings. The van der Waals surface area contributed by atoms with Crippen molar-refractivity contribution in [2.45, 2.75) is 102 Å². The molecule has 3 fully saturated rings. The SMILES string of the molecule is CCC[C@@](CN1CCC[C@H]1c1ncc(-c2ccc(-c3ccc4cc(-c5cnc([C@@H]6CCCN6C(=O)[C@@H](NC(=O)O)C(C)C)[nH]5)ccc4c3)cc2)[nH]1)(NC(=O)[C@H]1CCCO1)c1ccccc1. The quantitative estimate of drug-likeness (QED) is 0.0680. The van der Waals surface area contributed by atoms with Crippen LogP contribution in [-0.4, -0.2) is 91.1 Å². The first kappa shape index (κ1) is 43.9. The number of carbonyl (C=O) groups excluding carboxylic acids is 2. The van der Waals surface area contributed by atoms with Gasteiger partial charge < -0.3 is 35.3 Å². The van der Waals surface area contributed by atoms with Gasteiger partial charge in [0.15, 0.2) is 0 Å².